The number of benzene rings is 5. The van der Waals surface area contributed by atoms with Crippen LogP contribution < -0.4 is 64.6 Å². The molecule has 0 aliphatic rings. The second-order valence-electron chi connectivity index (χ2n) is 14.5. The Labute approximate surface area is 616 Å². The van der Waals surface area contributed by atoms with E-state index in [0.29, 0.717) is 22.8 Å². The maximum atomic E-state index is 10.1. The van der Waals surface area contributed by atoms with Crippen molar-refractivity contribution in [1.82, 2.24) is 19.9 Å². The third-order valence-corrected chi connectivity index (χ3v) is 8.54. The zero-order chi connectivity index (χ0) is 69.2. The van der Waals surface area contributed by atoms with Crippen molar-refractivity contribution in [3.05, 3.63) is 300 Å². The van der Waals surface area contributed by atoms with E-state index in [1.807, 2.05) is 0 Å². The number of aromatic nitrogens is 4. The van der Waals surface area contributed by atoms with Gasteiger partial charge in [-0.15, -0.1) is 10.2 Å². The molecule has 0 unspecified atom stereocenters. The molecule has 0 saturated carbocycles. The number of aromatic carboxylic acids is 5. The Morgan fingerprint density at radius 1 is 0.298 bits per heavy atom. The number of carbonyl (C=O) groups is 5. The molecule has 9 aromatic rings. The molecule has 2 radical (unpaired) electrons. The molecule has 4 heterocycles. The minimum Gasteiger partial charge on any atom is -0.850 e. The largest absolute Gasteiger partial charge is 3.00 e. The van der Waals surface area contributed by atoms with Gasteiger partial charge in [-0.3, -0.25) is 19.9 Å². The third kappa shape index (κ3) is 69.4. The van der Waals surface area contributed by atoms with E-state index >= 15 is 0 Å². The fourth-order valence-electron chi connectivity index (χ4n) is 4.81. The average Bonchev–Trinajstić information content (AvgIpc) is 3.23. The second-order valence-corrected chi connectivity index (χ2v) is 15.3. The van der Waals surface area contributed by atoms with Crippen LogP contribution in [0.15, 0.2) is 249 Å². The molecule has 0 amide bonds. The number of hydrogen-bond acceptors (Lipinski definition) is 26. The number of carboxylic acid groups (broad SMARTS) is 5. The van der Waals surface area contributed by atoms with Gasteiger partial charge >= 0.3 is 65.7 Å². The fourth-order valence-corrected chi connectivity index (χ4v) is 4.81. The molecular weight excluding hydrogens is 1500 g/mol. The number of pyridine rings is 4. The number of carbonyl (C=O) groups excluding carboxylic acids is 5. The molecule has 0 aliphatic carbocycles. The number of nitrogens with zero attached hydrogens (tertiary/aromatic N) is 4. The number of rotatable bonds is 9. The first-order valence-corrected chi connectivity index (χ1v) is 26.1. The Morgan fingerprint density at radius 3 is 0.479 bits per heavy atom. The molecule has 4 aromatic heterocycles. The van der Waals surface area contributed by atoms with Gasteiger partial charge in [0.2, 0.25) is 0 Å². The van der Waals surface area contributed by atoms with Gasteiger partial charge in [-0.05, 0) is 76.3 Å². The third-order valence-electron chi connectivity index (χ3n) is 8.54. The van der Waals surface area contributed by atoms with Crippen LogP contribution in [0, 0.1) is 10.2 Å². The summed E-state index contributed by atoms with van der Waals surface area (Å²) in [5.74, 6) is -5.65. The monoisotopic (exact) mass is 1560 g/mol. The number of aliphatic hydroxyl groups excluding tert-OH is 4. The van der Waals surface area contributed by atoms with Crippen LogP contribution in [-0.2, 0) is 125 Å². The molecule has 94 heavy (non-hydrogen) atoms. The van der Waals surface area contributed by atoms with Crippen LogP contribution in [0.2, 0.25) is 0 Å². The van der Waals surface area contributed by atoms with Gasteiger partial charge in [0.15, 0.2) is 0 Å². The molecule has 504 valence electrons. The molecule has 0 spiro atoms. The van der Waals surface area contributed by atoms with Crippen LogP contribution in [0.5, 0.6) is 0 Å². The smallest absolute Gasteiger partial charge is 0.850 e. The van der Waals surface area contributed by atoms with Crippen molar-refractivity contribution in [2.75, 3.05) is 28.4 Å². The minimum absolute atomic E-state index is 0. The summed E-state index contributed by atoms with van der Waals surface area (Å²) < 4.78 is 34.0. The van der Waals surface area contributed by atoms with Crippen molar-refractivity contribution in [2.24, 2.45) is 0 Å². The van der Waals surface area contributed by atoms with E-state index in [0.717, 1.165) is 28.4 Å². The summed E-state index contributed by atoms with van der Waals surface area (Å²) in [6.45, 7) is -0.886. The van der Waals surface area contributed by atoms with Crippen molar-refractivity contribution in [3.8, 4) is 0 Å². The van der Waals surface area contributed by atoms with E-state index in [-0.39, 0.29) is 153 Å². The Morgan fingerprint density at radius 2 is 0.415 bits per heavy atom. The summed E-state index contributed by atoms with van der Waals surface area (Å²) in [6.07, 6.45) is 6.47. The van der Waals surface area contributed by atoms with Gasteiger partial charge in [0.05, 0.1) is 29.8 Å². The SMILES string of the molecule is CO.CO.CO.CO.O=C([O-])c1ccccc1.O=C([O-])c1ccccc1.O=C([O-])c1ccccc1.O=C([O-])c1ccccc1.O=C([O-])c1ccccc1.[Ni+2].[Ni+3].[O-]Cc1ccccn1.[O-]Cc1ccccn1.[O-]Cc1ccccn1.[O-]Cc1ccccn1.[O-][Cl+3]([O-])([O-])[O-].[Y+3].[Y]. The summed E-state index contributed by atoms with van der Waals surface area (Å²) in [5, 5.41) is 119. The summed E-state index contributed by atoms with van der Waals surface area (Å²) in [6, 6.07) is 61.6. The van der Waals surface area contributed by atoms with E-state index < -0.39 is 40.1 Å². The van der Waals surface area contributed by atoms with Crippen LogP contribution in [0.25, 0.3) is 0 Å². The molecule has 31 heteroatoms. The maximum absolute atomic E-state index is 10.1. The first-order valence-electron chi connectivity index (χ1n) is 24.9. The molecule has 26 nitrogen and oxygen atoms in total. The first-order chi connectivity index (χ1) is 43.3. The van der Waals surface area contributed by atoms with E-state index in [1.54, 1.807) is 189 Å². The van der Waals surface area contributed by atoms with Crippen molar-refractivity contribution >= 4 is 29.8 Å². The van der Waals surface area contributed by atoms with E-state index in [4.69, 9.17) is 39.1 Å². The zero-order valence-electron chi connectivity index (χ0n) is 50.6. The Kier molecular flexibility index (Phi) is 86.4. The van der Waals surface area contributed by atoms with E-state index in [9.17, 15) is 69.9 Å². The molecule has 0 atom stereocenters. The van der Waals surface area contributed by atoms with E-state index in [2.05, 4.69) is 19.9 Å². The van der Waals surface area contributed by atoms with Crippen molar-refractivity contribution in [1.29, 1.82) is 0 Å². The summed E-state index contributed by atoms with van der Waals surface area (Å²) in [4.78, 5) is 65.6. The average molecular weight is 1560 g/mol. The standard InChI is InChI=1S/5C7H6O2.4C6H6NO.4CH4O.ClHO4.2Ni.2Y/c5*8-7(9)6-4-2-1-3-5-6;4*8-5-6-3-1-2-4-7-6;4*1-2;2-1(3,4)5;;;;/h5*1-5H,(H,8,9);4*1-4H,5H2;4*2H,1H3;(H,2,3,4,5);;;;/q;;;;;4*-1;;;;;;+2;+3;;+3/p-6. The Balaban J connectivity index is -0.000000120. The predicted octanol–water partition coefficient (Wildman–Crippen LogP) is -6.31. The predicted molar refractivity (Wildman–Crippen MR) is 298 cm³/mol. The van der Waals surface area contributed by atoms with Gasteiger partial charge in [0.25, 0.3) is 0 Å². The van der Waals surface area contributed by atoms with Crippen LogP contribution in [0.3, 0.4) is 0 Å². The minimum atomic E-state index is -4.94. The maximum Gasteiger partial charge on any atom is 3.00 e. The molecule has 9 rings (SSSR count). The Bertz CT molecular complexity index is 2610. The van der Waals surface area contributed by atoms with Crippen LogP contribution in [0.1, 0.15) is 74.6 Å². The van der Waals surface area contributed by atoms with Crippen LogP contribution in [0.4, 0.5) is 0 Å². The fraction of sp³-hybridized carbons (Fsp3) is 0.127. The summed E-state index contributed by atoms with van der Waals surface area (Å²) >= 11 is 0. The molecule has 0 fully saturated rings. The van der Waals surface area contributed by atoms with Gasteiger partial charge in [-0.1, -0.05) is 202 Å². The summed E-state index contributed by atoms with van der Waals surface area (Å²) in [7, 11) is -0.944. The molecular formula is C63H65ClN4Ni2O22Y2-2. The molecule has 0 saturated heterocycles. The number of hydrogen-bond donors (Lipinski definition) is 4. The van der Waals surface area contributed by atoms with Gasteiger partial charge in [-0.2, -0.15) is 0 Å². The van der Waals surface area contributed by atoms with E-state index in [1.165, 1.54) is 60.7 Å². The zero-order valence-corrected chi connectivity index (χ0v) is 59.0. The molecule has 4 N–H and O–H groups in total. The quantitative estimate of drug-likeness (QED) is 0.0977. The second kappa shape index (κ2) is 76.8. The number of aliphatic hydroxyl groups is 4. The van der Waals surface area contributed by atoms with Gasteiger partial charge in [-0.25, -0.2) is 18.6 Å². The molecule has 5 aromatic carbocycles. The molecule has 0 aliphatic heterocycles. The Hall–Kier alpha value is -6.95. The van der Waals surface area contributed by atoms with Crippen LogP contribution >= 0.6 is 0 Å². The van der Waals surface area contributed by atoms with Gasteiger partial charge in [0.1, 0.15) is 0 Å². The van der Waals surface area contributed by atoms with Crippen molar-refractivity contribution in [3.63, 3.8) is 0 Å². The van der Waals surface area contributed by atoms with Crippen LogP contribution in [-0.4, -0.2) is 98.6 Å². The van der Waals surface area contributed by atoms with Gasteiger partial charge < -0.3 is 90.4 Å². The van der Waals surface area contributed by atoms with Crippen molar-refractivity contribution in [2.45, 2.75) is 26.4 Å². The first kappa shape index (κ1) is 106. The number of carboxylic acids is 5. The number of halogens is 1. The van der Waals surface area contributed by atoms with Gasteiger partial charge in [0, 0.05) is 109 Å². The normalized spacial score (nSPS) is 8.26. The van der Waals surface area contributed by atoms with Crippen molar-refractivity contribution < 1.29 is 218 Å². The molecule has 0 bridgehead atoms. The topological polar surface area (TPSA) is 518 Å². The summed E-state index contributed by atoms with van der Waals surface area (Å²) in [5.41, 5.74) is 3.52.